The summed E-state index contributed by atoms with van der Waals surface area (Å²) in [6.07, 6.45) is 5.33. The van der Waals surface area contributed by atoms with Crippen LogP contribution in [0, 0.1) is 0 Å². The lowest BCUT2D eigenvalue weighted by Crippen LogP contribution is -2.57. The molecule has 2 atom stereocenters. The Hall–Kier alpha value is -0.650. The van der Waals surface area contributed by atoms with Crippen molar-refractivity contribution in [3.05, 3.63) is 0 Å². The maximum Gasteiger partial charge on any atom is 0.225 e. The average molecular weight is 282 g/mol. The third-order valence-corrected chi connectivity index (χ3v) is 5.30. The van der Waals surface area contributed by atoms with E-state index < -0.39 is 5.60 Å². The van der Waals surface area contributed by atoms with Gasteiger partial charge in [-0.3, -0.25) is 9.69 Å². The van der Waals surface area contributed by atoms with E-state index in [1.54, 1.807) is 7.11 Å². The molecule has 2 bridgehead atoms. The first kappa shape index (κ1) is 14.3. The van der Waals surface area contributed by atoms with E-state index in [-0.39, 0.29) is 5.91 Å². The number of carbonyl (C=O) groups is 1. The molecule has 5 heteroatoms. The Balaban J connectivity index is 1.55. The van der Waals surface area contributed by atoms with E-state index in [1.165, 1.54) is 12.8 Å². The predicted molar refractivity (Wildman–Crippen MR) is 75.4 cm³/mol. The number of hydrogen-bond acceptors (Lipinski definition) is 4. The van der Waals surface area contributed by atoms with Crippen LogP contribution in [-0.4, -0.2) is 71.8 Å². The Morgan fingerprint density at radius 3 is 2.45 bits per heavy atom. The van der Waals surface area contributed by atoms with E-state index in [0.29, 0.717) is 18.5 Å². The molecule has 0 aromatic carbocycles. The molecule has 2 saturated heterocycles. The van der Waals surface area contributed by atoms with Gasteiger partial charge < -0.3 is 14.7 Å². The molecule has 2 aliphatic heterocycles. The van der Waals surface area contributed by atoms with Gasteiger partial charge >= 0.3 is 0 Å². The van der Waals surface area contributed by atoms with E-state index in [2.05, 4.69) is 4.90 Å². The van der Waals surface area contributed by atoms with Gasteiger partial charge in [0.25, 0.3) is 0 Å². The standard InChI is InChI=1S/C15H26N2O3/c1-20-8-7-17-12-3-4-13(17)11-16(10-12)14(18)9-15(19)5-2-6-15/h12-13,19H,2-11H2,1H3. The Morgan fingerprint density at radius 2 is 1.95 bits per heavy atom. The van der Waals surface area contributed by atoms with Crippen molar-refractivity contribution >= 4 is 5.91 Å². The first-order valence-corrected chi connectivity index (χ1v) is 7.86. The quantitative estimate of drug-likeness (QED) is 0.803. The smallest absolute Gasteiger partial charge is 0.225 e. The molecule has 2 unspecified atom stereocenters. The van der Waals surface area contributed by atoms with Crippen LogP contribution in [0.5, 0.6) is 0 Å². The molecule has 3 aliphatic rings. The predicted octanol–water partition coefficient (Wildman–Crippen LogP) is 0.613. The maximum atomic E-state index is 12.4. The molecule has 1 amide bonds. The summed E-state index contributed by atoms with van der Waals surface area (Å²) in [5, 5.41) is 10.2. The molecule has 20 heavy (non-hydrogen) atoms. The summed E-state index contributed by atoms with van der Waals surface area (Å²) in [5.41, 5.74) is -0.691. The van der Waals surface area contributed by atoms with Crippen LogP contribution in [-0.2, 0) is 9.53 Å². The van der Waals surface area contributed by atoms with Gasteiger partial charge in [-0.25, -0.2) is 0 Å². The van der Waals surface area contributed by atoms with Crippen molar-refractivity contribution in [2.45, 2.75) is 56.2 Å². The Kier molecular flexibility index (Phi) is 4.02. The van der Waals surface area contributed by atoms with Crippen molar-refractivity contribution < 1.29 is 14.6 Å². The van der Waals surface area contributed by atoms with Crippen molar-refractivity contribution in [1.82, 2.24) is 9.80 Å². The molecule has 0 radical (unpaired) electrons. The highest BCUT2D eigenvalue weighted by atomic mass is 16.5. The second-order valence-electron chi connectivity index (χ2n) is 6.67. The topological polar surface area (TPSA) is 53.0 Å². The molecule has 3 fully saturated rings. The molecule has 0 aromatic heterocycles. The molecule has 2 heterocycles. The average Bonchev–Trinajstić information content (AvgIpc) is 2.63. The summed E-state index contributed by atoms with van der Waals surface area (Å²) in [6.45, 7) is 3.39. The number of rotatable bonds is 5. The monoisotopic (exact) mass is 282 g/mol. The molecule has 5 nitrogen and oxygen atoms in total. The van der Waals surface area contributed by atoms with Gasteiger partial charge in [0.05, 0.1) is 18.6 Å². The Labute approximate surface area is 120 Å². The largest absolute Gasteiger partial charge is 0.389 e. The number of nitrogens with zero attached hydrogens (tertiary/aromatic N) is 2. The van der Waals surface area contributed by atoms with Gasteiger partial charge in [0.1, 0.15) is 0 Å². The summed E-state index contributed by atoms with van der Waals surface area (Å²) in [7, 11) is 1.74. The third-order valence-electron chi connectivity index (χ3n) is 5.30. The number of ether oxygens (including phenoxy) is 1. The number of carbonyl (C=O) groups excluding carboxylic acids is 1. The number of likely N-dealkylation sites (tertiary alicyclic amines) is 1. The first-order valence-electron chi connectivity index (χ1n) is 7.86. The van der Waals surface area contributed by atoms with E-state index in [4.69, 9.17) is 4.74 Å². The highest BCUT2D eigenvalue weighted by Gasteiger charge is 2.43. The van der Waals surface area contributed by atoms with Crippen molar-refractivity contribution in [3.8, 4) is 0 Å². The molecule has 1 aliphatic carbocycles. The number of piperazine rings is 1. The summed E-state index contributed by atoms with van der Waals surface area (Å²) in [6, 6.07) is 0.979. The van der Waals surface area contributed by atoms with E-state index in [9.17, 15) is 9.90 Å². The first-order chi connectivity index (χ1) is 9.61. The van der Waals surface area contributed by atoms with Gasteiger partial charge in [-0.15, -0.1) is 0 Å². The van der Waals surface area contributed by atoms with Gasteiger partial charge in [0.2, 0.25) is 5.91 Å². The fourth-order valence-corrected chi connectivity index (χ4v) is 3.91. The lowest BCUT2D eigenvalue weighted by Gasteiger charge is -2.43. The van der Waals surface area contributed by atoms with Crippen molar-refractivity contribution in [1.29, 1.82) is 0 Å². The summed E-state index contributed by atoms with van der Waals surface area (Å²) in [5.74, 6) is 0.149. The highest BCUT2D eigenvalue weighted by molar-refractivity contribution is 5.77. The minimum absolute atomic E-state index is 0.149. The maximum absolute atomic E-state index is 12.4. The second-order valence-corrected chi connectivity index (χ2v) is 6.67. The number of amides is 1. The van der Waals surface area contributed by atoms with Crippen LogP contribution in [0.25, 0.3) is 0 Å². The zero-order valence-electron chi connectivity index (χ0n) is 12.4. The normalized spacial score (nSPS) is 32.2. The van der Waals surface area contributed by atoms with Crippen LogP contribution in [0.1, 0.15) is 38.5 Å². The lowest BCUT2D eigenvalue weighted by molar-refractivity contribution is -0.143. The SMILES string of the molecule is COCCN1C2CCC1CN(C(=O)CC1(O)CCC1)C2. The van der Waals surface area contributed by atoms with Gasteiger partial charge in [0.15, 0.2) is 0 Å². The van der Waals surface area contributed by atoms with Crippen LogP contribution < -0.4 is 0 Å². The molecule has 1 N–H and O–H groups in total. The molecule has 114 valence electrons. The van der Waals surface area contributed by atoms with Crippen LogP contribution in [0.15, 0.2) is 0 Å². The molecular weight excluding hydrogens is 256 g/mol. The fourth-order valence-electron chi connectivity index (χ4n) is 3.91. The van der Waals surface area contributed by atoms with E-state index in [1.807, 2.05) is 4.90 Å². The molecule has 1 saturated carbocycles. The zero-order valence-corrected chi connectivity index (χ0v) is 12.4. The van der Waals surface area contributed by atoms with Crippen LogP contribution in [0.3, 0.4) is 0 Å². The summed E-state index contributed by atoms with van der Waals surface area (Å²) >= 11 is 0. The zero-order chi connectivity index (χ0) is 14.2. The number of hydrogen-bond donors (Lipinski definition) is 1. The number of methoxy groups -OCH3 is 1. The highest BCUT2D eigenvalue weighted by Crippen LogP contribution is 2.36. The Morgan fingerprint density at radius 1 is 1.30 bits per heavy atom. The lowest BCUT2D eigenvalue weighted by atomic mass is 9.77. The van der Waals surface area contributed by atoms with Crippen molar-refractivity contribution in [2.75, 3.05) is 33.4 Å². The van der Waals surface area contributed by atoms with Crippen LogP contribution >= 0.6 is 0 Å². The van der Waals surface area contributed by atoms with Crippen molar-refractivity contribution in [3.63, 3.8) is 0 Å². The summed E-state index contributed by atoms with van der Waals surface area (Å²) < 4.78 is 5.18. The molecular formula is C15H26N2O3. The van der Waals surface area contributed by atoms with Gasteiger partial charge in [-0.1, -0.05) is 0 Å². The second kappa shape index (κ2) is 5.62. The van der Waals surface area contributed by atoms with Crippen molar-refractivity contribution in [2.24, 2.45) is 0 Å². The van der Waals surface area contributed by atoms with Crippen LogP contribution in [0.4, 0.5) is 0 Å². The number of aliphatic hydroxyl groups is 1. The fraction of sp³-hybridized carbons (Fsp3) is 0.933. The minimum atomic E-state index is -0.691. The van der Waals surface area contributed by atoms with Gasteiger partial charge in [-0.05, 0) is 32.1 Å². The Bertz CT molecular complexity index is 356. The van der Waals surface area contributed by atoms with E-state index >= 15 is 0 Å². The van der Waals surface area contributed by atoms with Crippen LogP contribution in [0.2, 0.25) is 0 Å². The van der Waals surface area contributed by atoms with Gasteiger partial charge in [-0.2, -0.15) is 0 Å². The molecule has 0 spiro atoms. The molecule has 0 aromatic rings. The van der Waals surface area contributed by atoms with Gasteiger partial charge in [0, 0.05) is 38.8 Å². The van der Waals surface area contributed by atoms with E-state index in [0.717, 1.165) is 45.5 Å². The third kappa shape index (κ3) is 2.71. The molecule has 3 rings (SSSR count). The minimum Gasteiger partial charge on any atom is -0.389 e. The summed E-state index contributed by atoms with van der Waals surface area (Å²) in [4.78, 5) is 16.9. The number of fused-ring (bicyclic) bond motifs is 2.